The Morgan fingerprint density at radius 1 is 1.37 bits per heavy atom. The van der Waals surface area contributed by atoms with Crippen LogP contribution in [0.15, 0.2) is 0 Å². The molecule has 0 aromatic carbocycles. The van der Waals surface area contributed by atoms with Gasteiger partial charge in [0.15, 0.2) is 0 Å². The van der Waals surface area contributed by atoms with E-state index in [1.54, 1.807) is 0 Å². The summed E-state index contributed by atoms with van der Waals surface area (Å²) in [6.07, 6.45) is 5.47. The molecule has 0 aliphatic carbocycles. The third-order valence-electron chi connectivity index (χ3n) is 3.70. The van der Waals surface area contributed by atoms with Gasteiger partial charge >= 0.3 is 12.0 Å². The highest BCUT2D eigenvalue weighted by Gasteiger charge is 2.21. The smallest absolute Gasteiger partial charge is 0.317 e. The molecule has 1 aliphatic rings. The predicted molar refractivity (Wildman–Crippen MR) is 73.9 cm³/mol. The number of piperidine rings is 1. The molecule has 0 radical (unpaired) electrons. The van der Waals surface area contributed by atoms with Crippen LogP contribution < -0.4 is 5.32 Å². The highest BCUT2D eigenvalue weighted by atomic mass is 16.5. The molecule has 110 valence electrons. The number of rotatable bonds is 6. The Bertz CT molecular complexity index is 294. The van der Waals surface area contributed by atoms with Crippen LogP contribution in [-0.4, -0.2) is 43.6 Å². The molecule has 1 fully saturated rings. The lowest BCUT2D eigenvalue weighted by atomic mass is 9.96. The second kappa shape index (κ2) is 8.77. The van der Waals surface area contributed by atoms with E-state index in [0.717, 1.165) is 38.8 Å². The maximum atomic E-state index is 11.9. The summed E-state index contributed by atoms with van der Waals surface area (Å²) in [6.45, 7) is 4.55. The predicted octanol–water partition coefficient (Wildman–Crippen LogP) is 2.16. The Morgan fingerprint density at radius 3 is 2.84 bits per heavy atom. The van der Waals surface area contributed by atoms with Crippen LogP contribution in [0.25, 0.3) is 0 Å². The van der Waals surface area contributed by atoms with Crippen molar-refractivity contribution in [1.29, 1.82) is 0 Å². The number of unbranched alkanes of at least 4 members (excludes halogenated alkanes) is 1. The topological polar surface area (TPSA) is 58.6 Å². The lowest BCUT2D eigenvalue weighted by molar-refractivity contribution is -0.140. The van der Waals surface area contributed by atoms with Gasteiger partial charge < -0.3 is 15.0 Å². The van der Waals surface area contributed by atoms with Crippen molar-refractivity contribution in [2.24, 2.45) is 5.92 Å². The molecular weight excluding hydrogens is 244 g/mol. The number of esters is 1. The molecule has 1 atom stereocenters. The van der Waals surface area contributed by atoms with Crippen LogP contribution in [0.2, 0.25) is 0 Å². The molecule has 19 heavy (non-hydrogen) atoms. The van der Waals surface area contributed by atoms with Gasteiger partial charge in [0.1, 0.15) is 0 Å². The summed E-state index contributed by atoms with van der Waals surface area (Å²) in [6, 6.07) is 0.0382. The molecule has 0 spiro atoms. The zero-order chi connectivity index (χ0) is 14.1. The van der Waals surface area contributed by atoms with E-state index in [4.69, 9.17) is 0 Å². The maximum Gasteiger partial charge on any atom is 0.317 e. The average molecular weight is 270 g/mol. The van der Waals surface area contributed by atoms with Gasteiger partial charge in [-0.25, -0.2) is 4.79 Å². The van der Waals surface area contributed by atoms with Gasteiger partial charge in [0.05, 0.1) is 7.11 Å². The quantitative estimate of drug-likeness (QED) is 0.594. The number of hydrogen-bond acceptors (Lipinski definition) is 3. The van der Waals surface area contributed by atoms with Crippen LogP contribution in [0.4, 0.5) is 4.79 Å². The number of nitrogens with zero attached hydrogens (tertiary/aromatic N) is 1. The highest BCUT2D eigenvalue weighted by Crippen LogP contribution is 2.18. The van der Waals surface area contributed by atoms with Gasteiger partial charge in [0, 0.05) is 26.1 Å². The van der Waals surface area contributed by atoms with Crippen molar-refractivity contribution in [2.75, 3.05) is 26.7 Å². The average Bonchev–Trinajstić information content (AvgIpc) is 2.46. The van der Waals surface area contributed by atoms with Crippen molar-refractivity contribution in [2.45, 2.75) is 45.4 Å². The molecule has 0 saturated carbocycles. The van der Waals surface area contributed by atoms with Gasteiger partial charge in [-0.2, -0.15) is 0 Å². The largest absolute Gasteiger partial charge is 0.469 e. The maximum absolute atomic E-state index is 11.9. The SMILES string of the molecule is CCC1CCCN(C(=O)NCCCCC(=O)OC)C1. The standard InChI is InChI=1S/C14H26N2O3/c1-3-12-7-6-10-16(11-12)14(18)15-9-5-4-8-13(17)19-2/h12H,3-11H2,1-2H3,(H,15,18). The van der Waals surface area contributed by atoms with Crippen molar-refractivity contribution in [3.63, 3.8) is 0 Å². The van der Waals surface area contributed by atoms with E-state index in [2.05, 4.69) is 17.0 Å². The number of hydrogen-bond donors (Lipinski definition) is 1. The Kier molecular flexibility index (Phi) is 7.30. The van der Waals surface area contributed by atoms with Crippen LogP contribution >= 0.6 is 0 Å². The summed E-state index contributed by atoms with van der Waals surface area (Å²) >= 11 is 0. The van der Waals surface area contributed by atoms with Crippen molar-refractivity contribution in [1.82, 2.24) is 10.2 Å². The lowest BCUT2D eigenvalue weighted by Gasteiger charge is -2.32. The number of amides is 2. The van der Waals surface area contributed by atoms with Crippen LogP contribution in [0.1, 0.15) is 45.4 Å². The minimum atomic E-state index is -0.187. The van der Waals surface area contributed by atoms with Gasteiger partial charge in [-0.05, 0) is 31.6 Å². The van der Waals surface area contributed by atoms with E-state index in [-0.39, 0.29) is 12.0 Å². The number of nitrogens with one attached hydrogen (secondary N) is 1. The summed E-state index contributed by atoms with van der Waals surface area (Å²) in [7, 11) is 1.39. The molecule has 0 aromatic heterocycles. The molecule has 1 unspecified atom stereocenters. The number of likely N-dealkylation sites (tertiary alicyclic amines) is 1. The fourth-order valence-corrected chi connectivity index (χ4v) is 2.39. The van der Waals surface area contributed by atoms with Crippen LogP contribution in [-0.2, 0) is 9.53 Å². The van der Waals surface area contributed by atoms with E-state index in [0.29, 0.717) is 18.9 Å². The first kappa shape index (κ1) is 15.8. The number of carbonyl (C=O) groups excluding carboxylic acids is 2. The molecule has 1 rings (SSSR count). The first-order chi connectivity index (χ1) is 9.17. The van der Waals surface area contributed by atoms with Crippen molar-refractivity contribution < 1.29 is 14.3 Å². The fraction of sp³-hybridized carbons (Fsp3) is 0.857. The third-order valence-corrected chi connectivity index (χ3v) is 3.70. The molecule has 2 amide bonds. The summed E-state index contributed by atoms with van der Waals surface area (Å²) in [5.74, 6) is 0.465. The normalized spacial score (nSPS) is 19.1. The number of carbonyl (C=O) groups is 2. The second-order valence-corrected chi connectivity index (χ2v) is 5.13. The Morgan fingerprint density at radius 2 is 2.16 bits per heavy atom. The zero-order valence-corrected chi connectivity index (χ0v) is 12.1. The van der Waals surface area contributed by atoms with E-state index in [1.807, 2.05) is 4.90 Å². The van der Waals surface area contributed by atoms with Crippen LogP contribution in [0.5, 0.6) is 0 Å². The number of urea groups is 1. The molecule has 5 nitrogen and oxygen atoms in total. The molecule has 1 N–H and O–H groups in total. The van der Waals surface area contributed by atoms with Crippen molar-refractivity contribution >= 4 is 12.0 Å². The van der Waals surface area contributed by atoms with Gasteiger partial charge in [-0.1, -0.05) is 13.3 Å². The monoisotopic (exact) mass is 270 g/mol. The summed E-state index contributed by atoms with van der Waals surface area (Å²) in [5, 5.41) is 2.92. The van der Waals surface area contributed by atoms with E-state index in [1.165, 1.54) is 13.5 Å². The van der Waals surface area contributed by atoms with Crippen molar-refractivity contribution in [3.05, 3.63) is 0 Å². The zero-order valence-electron chi connectivity index (χ0n) is 12.1. The first-order valence-electron chi connectivity index (χ1n) is 7.27. The van der Waals surface area contributed by atoms with E-state index in [9.17, 15) is 9.59 Å². The summed E-state index contributed by atoms with van der Waals surface area (Å²) in [5.41, 5.74) is 0. The Hall–Kier alpha value is -1.26. The van der Waals surface area contributed by atoms with E-state index >= 15 is 0 Å². The first-order valence-corrected chi connectivity index (χ1v) is 7.27. The van der Waals surface area contributed by atoms with Crippen molar-refractivity contribution in [3.8, 4) is 0 Å². The Labute approximate surface area is 115 Å². The molecule has 1 aliphatic heterocycles. The molecular formula is C14H26N2O3. The lowest BCUT2D eigenvalue weighted by Crippen LogP contribution is -2.45. The summed E-state index contributed by atoms with van der Waals surface area (Å²) in [4.78, 5) is 24.8. The molecule has 1 saturated heterocycles. The van der Waals surface area contributed by atoms with E-state index < -0.39 is 0 Å². The van der Waals surface area contributed by atoms with Gasteiger partial charge in [-0.3, -0.25) is 4.79 Å². The van der Waals surface area contributed by atoms with Gasteiger partial charge in [0.25, 0.3) is 0 Å². The molecule has 1 heterocycles. The van der Waals surface area contributed by atoms with Crippen LogP contribution in [0, 0.1) is 5.92 Å². The number of methoxy groups -OCH3 is 1. The fourth-order valence-electron chi connectivity index (χ4n) is 2.39. The van der Waals surface area contributed by atoms with Crippen LogP contribution in [0.3, 0.4) is 0 Å². The minimum Gasteiger partial charge on any atom is -0.469 e. The number of ether oxygens (including phenoxy) is 1. The highest BCUT2D eigenvalue weighted by molar-refractivity contribution is 5.74. The third kappa shape index (κ3) is 5.94. The summed E-state index contributed by atoms with van der Waals surface area (Å²) < 4.78 is 4.56. The molecule has 0 bridgehead atoms. The van der Waals surface area contributed by atoms with Gasteiger partial charge in [-0.15, -0.1) is 0 Å². The second-order valence-electron chi connectivity index (χ2n) is 5.13. The minimum absolute atomic E-state index is 0.0382. The Balaban J connectivity index is 2.11. The molecule has 5 heteroatoms. The molecule has 0 aromatic rings. The van der Waals surface area contributed by atoms with Gasteiger partial charge in [0.2, 0.25) is 0 Å².